The SMILES string of the molecule is CC(=O)c1c(C)oc2c1C(=O)C(=N)C=C=C2. The maximum Gasteiger partial charge on any atom is 0.215 e. The molecule has 4 nitrogen and oxygen atoms in total. The highest BCUT2D eigenvalue weighted by Crippen LogP contribution is 2.26. The molecule has 0 unspecified atom stereocenters. The standard InChI is InChI=1S/C12H9NO3/c1-6(14)10-7(2)16-9-5-3-4-8(13)12(15)11(9)10/h4-5,13H,1-2H3. The first-order chi connectivity index (χ1) is 7.52. The highest BCUT2D eigenvalue weighted by Gasteiger charge is 2.27. The molecule has 0 amide bonds. The normalized spacial score (nSPS) is 13.9. The van der Waals surface area contributed by atoms with Crippen LogP contribution in [-0.2, 0) is 0 Å². The third kappa shape index (κ3) is 1.36. The largest absolute Gasteiger partial charge is 0.460 e. The Labute approximate surface area is 91.8 Å². The average Bonchev–Trinajstić information content (AvgIpc) is 2.47. The molecule has 0 aromatic carbocycles. The third-order valence-corrected chi connectivity index (χ3v) is 2.38. The molecule has 1 aliphatic rings. The highest BCUT2D eigenvalue weighted by atomic mass is 16.3. The van der Waals surface area contributed by atoms with Crippen LogP contribution in [0.15, 0.2) is 16.2 Å². The Hall–Kier alpha value is -2.19. The first-order valence-electron chi connectivity index (χ1n) is 4.72. The molecule has 0 atom stereocenters. The van der Waals surface area contributed by atoms with Crippen LogP contribution in [0.5, 0.6) is 0 Å². The van der Waals surface area contributed by atoms with Crippen molar-refractivity contribution in [1.82, 2.24) is 0 Å². The lowest BCUT2D eigenvalue weighted by Crippen LogP contribution is -2.13. The highest BCUT2D eigenvalue weighted by molar-refractivity contribution is 6.50. The van der Waals surface area contributed by atoms with E-state index in [0.29, 0.717) is 11.5 Å². The van der Waals surface area contributed by atoms with Crippen LogP contribution in [0.1, 0.15) is 39.2 Å². The van der Waals surface area contributed by atoms with Crippen molar-refractivity contribution in [2.45, 2.75) is 13.8 Å². The predicted octanol–water partition coefficient (Wildman–Crippen LogP) is 2.17. The summed E-state index contributed by atoms with van der Waals surface area (Å²) in [5.74, 6) is -0.0398. The predicted molar refractivity (Wildman–Crippen MR) is 58.1 cm³/mol. The lowest BCUT2D eigenvalue weighted by Gasteiger charge is -1.98. The molecule has 0 bridgehead atoms. The van der Waals surface area contributed by atoms with E-state index in [0.717, 1.165) is 0 Å². The molecule has 0 fully saturated rings. The topological polar surface area (TPSA) is 71.1 Å². The van der Waals surface area contributed by atoms with Crippen molar-refractivity contribution in [3.63, 3.8) is 0 Å². The number of fused-ring (bicyclic) bond motifs is 1. The summed E-state index contributed by atoms with van der Waals surface area (Å²) in [5.41, 5.74) is 2.91. The van der Waals surface area contributed by atoms with Gasteiger partial charge < -0.3 is 4.42 Å². The number of aryl methyl sites for hydroxylation is 1. The van der Waals surface area contributed by atoms with E-state index >= 15 is 0 Å². The molecule has 4 heteroatoms. The van der Waals surface area contributed by atoms with Crippen LogP contribution < -0.4 is 0 Å². The Kier molecular flexibility index (Phi) is 2.22. The average molecular weight is 215 g/mol. The number of Topliss-reactive ketones (excluding diaryl/α,β-unsaturated/α-hetero) is 2. The number of ketones is 2. The van der Waals surface area contributed by atoms with Crippen molar-refractivity contribution >= 4 is 23.4 Å². The van der Waals surface area contributed by atoms with Gasteiger partial charge in [-0.05, 0) is 13.8 Å². The molecule has 0 radical (unpaired) electrons. The molecule has 1 aromatic rings. The number of nitrogens with one attached hydrogen (secondary N) is 1. The van der Waals surface area contributed by atoms with Gasteiger partial charge in [-0.1, -0.05) is 0 Å². The summed E-state index contributed by atoms with van der Waals surface area (Å²) in [7, 11) is 0. The first kappa shape index (κ1) is 10.3. The number of carbonyl (C=O) groups excluding carboxylic acids is 2. The number of hydrogen-bond donors (Lipinski definition) is 1. The molecular weight excluding hydrogens is 206 g/mol. The minimum absolute atomic E-state index is 0.177. The van der Waals surface area contributed by atoms with Gasteiger partial charge in [-0.25, -0.2) is 0 Å². The van der Waals surface area contributed by atoms with Crippen LogP contribution in [0.25, 0.3) is 6.08 Å². The van der Waals surface area contributed by atoms with E-state index < -0.39 is 5.78 Å². The van der Waals surface area contributed by atoms with Crippen molar-refractivity contribution in [2.75, 3.05) is 0 Å². The fourth-order valence-electron chi connectivity index (χ4n) is 1.72. The second-order valence-corrected chi connectivity index (χ2v) is 3.53. The second-order valence-electron chi connectivity index (χ2n) is 3.53. The lowest BCUT2D eigenvalue weighted by atomic mass is 10.00. The van der Waals surface area contributed by atoms with Crippen molar-refractivity contribution in [3.8, 4) is 0 Å². The summed E-state index contributed by atoms with van der Waals surface area (Å²) in [6.07, 6.45) is 2.73. The van der Waals surface area contributed by atoms with E-state index in [1.807, 2.05) is 0 Å². The summed E-state index contributed by atoms with van der Waals surface area (Å²) in [4.78, 5) is 23.3. The van der Waals surface area contributed by atoms with Gasteiger partial charge in [0.15, 0.2) is 5.78 Å². The van der Waals surface area contributed by atoms with Gasteiger partial charge in [0.25, 0.3) is 0 Å². The molecule has 16 heavy (non-hydrogen) atoms. The third-order valence-electron chi connectivity index (χ3n) is 2.38. The Morgan fingerprint density at radius 3 is 2.75 bits per heavy atom. The number of rotatable bonds is 1. The van der Waals surface area contributed by atoms with E-state index in [9.17, 15) is 9.59 Å². The molecule has 1 N–H and O–H groups in total. The summed E-state index contributed by atoms with van der Waals surface area (Å²) in [5, 5.41) is 7.47. The molecule has 80 valence electrons. The van der Waals surface area contributed by atoms with Crippen molar-refractivity contribution in [2.24, 2.45) is 0 Å². The van der Waals surface area contributed by atoms with Gasteiger partial charge in [-0.15, -0.1) is 5.73 Å². The Morgan fingerprint density at radius 1 is 1.44 bits per heavy atom. The van der Waals surface area contributed by atoms with Gasteiger partial charge in [0.1, 0.15) is 17.2 Å². The number of allylic oxidation sites excluding steroid dienone is 1. The van der Waals surface area contributed by atoms with Crippen molar-refractivity contribution < 1.29 is 14.0 Å². The number of furan rings is 1. The molecule has 1 aliphatic carbocycles. The number of hydrogen-bond acceptors (Lipinski definition) is 4. The smallest absolute Gasteiger partial charge is 0.215 e. The van der Waals surface area contributed by atoms with Gasteiger partial charge in [0, 0.05) is 12.2 Å². The fourth-order valence-corrected chi connectivity index (χ4v) is 1.72. The lowest BCUT2D eigenvalue weighted by molar-refractivity contribution is 0.0998. The van der Waals surface area contributed by atoms with Gasteiger partial charge in [0.05, 0.1) is 11.1 Å². The molecule has 0 saturated heterocycles. The Bertz CT molecular complexity index is 584. The van der Waals surface area contributed by atoms with Gasteiger partial charge >= 0.3 is 0 Å². The molecule has 0 aliphatic heterocycles. The van der Waals surface area contributed by atoms with Gasteiger partial charge in [0.2, 0.25) is 5.78 Å². The molecule has 0 saturated carbocycles. The summed E-state index contributed by atoms with van der Waals surface area (Å²) in [6.45, 7) is 3.00. The van der Waals surface area contributed by atoms with Crippen molar-refractivity contribution in [3.05, 3.63) is 34.5 Å². The van der Waals surface area contributed by atoms with Crippen LogP contribution in [0.4, 0.5) is 0 Å². The summed E-state index contributed by atoms with van der Waals surface area (Å²) < 4.78 is 5.32. The first-order valence-corrected chi connectivity index (χ1v) is 4.72. The van der Waals surface area contributed by atoms with Crippen LogP contribution in [-0.4, -0.2) is 17.3 Å². The summed E-state index contributed by atoms with van der Waals surface area (Å²) >= 11 is 0. The Morgan fingerprint density at radius 2 is 2.12 bits per heavy atom. The van der Waals surface area contributed by atoms with Crippen LogP contribution in [0.2, 0.25) is 0 Å². The maximum absolute atomic E-state index is 11.8. The summed E-state index contributed by atoms with van der Waals surface area (Å²) in [6, 6.07) is 0. The zero-order chi connectivity index (χ0) is 11.9. The van der Waals surface area contributed by atoms with Crippen LogP contribution >= 0.6 is 0 Å². The van der Waals surface area contributed by atoms with E-state index in [4.69, 9.17) is 9.83 Å². The molecule has 2 rings (SSSR count). The quantitative estimate of drug-likeness (QED) is 0.576. The molecule has 0 spiro atoms. The minimum Gasteiger partial charge on any atom is -0.460 e. The monoisotopic (exact) mass is 215 g/mol. The second kappa shape index (κ2) is 3.43. The zero-order valence-corrected chi connectivity index (χ0v) is 8.88. The number of carbonyl (C=O) groups is 2. The fraction of sp³-hybridized carbons (Fsp3) is 0.167. The maximum atomic E-state index is 11.8. The minimum atomic E-state index is -0.502. The molecule has 1 heterocycles. The van der Waals surface area contributed by atoms with Crippen molar-refractivity contribution in [1.29, 1.82) is 5.41 Å². The van der Waals surface area contributed by atoms with Gasteiger partial charge in [-0.3, -0.25) is 15.0 Å². The van der Waals surface area contributed by atoms with E-state index in [-0.39, 0.29) is 22.6 Å². The van der Waals surface area contributed by atoms with Crippen LogP contribution in [0, 0.1) is 12.3 Å². The Balaban J connectivity index is 2.80. The van der Waals surface area contributed by atoms with E-state index in [2.05, 4.69) is 5.73 Å². The van der Waals surface area contributed by atoms with E-state index in [1.54, 1.807) is 6.92 Å². The van der Waals surface area contributed by atoms with Crippen LogP contribution in [0.3, 0.4) is 0 Å². The van der Waals surface area contributed by atoms with E-state index in [1.165, 1.54) is 19.1 Å². The van der Waals surface area contributed by atoms with Gasteiger partial charge in [-0.2, -0.15) is 0 Å². The molecular formula is C12H9NO3. The molecule has 1 aromatic heterocycles. The zero-order valence-electron chi connectivity index (χ0n) is 8.88.